The fourth-order valence-electron chi connectivity index (χ4n) is 2.66. The fraction of sp³-hybridized carbons (Fsp3) is 0.556. The SMILES string of the molecule is NCCc1ccc(O)c(OC(=O)CCC(=O)OC[C@H]2O[C@@H](O)[C@H](O)[C@@H](O)[C@@H]2O)c1. The van der Waals surface area contributed by atoms with E-state index in [1.165, 1.54) is 12.1 Å². The minimum Gasteiger partial charge on any atom is -0.504 e. The Morgan fingerprint density at radius 3 is 2.41 bits per heavy atom. The van der Waals surface area contributed by atoms with Gasteiger partial charge in [-0.2, -0.15) is 0 Å². The molecular formula is C18H25NO10. The van der Waals surface area contributed by atoms with Crippen molar-refractivity contribution in [2.45, 2.75) is 50.0 Å². The highest BCUT2D eigenvalue weighted by molar-refractivity contribution is 5.79. The number of benzene rings is 1. The number of hydrogen-bond acceptors (Lipinski definition) is 11. The molecule has 0 aromatic heterocycles. The first kappa shape index (κ1) is 23.0. The lowest BCUT2D eigenvalue weighted by atomic mass is 9.99. The monoisotopic (exact) mass is 415 g/mol. The van der Waals surface area contributed by atoms with Crippen LogP contribution in [0.3, 0.4) is 0 Å². The van der Waals surface area contributed by atoms with Gasteiger partial charge in [0.15, 0.2) is 17.8 Å². The lowest BCUT2D eigenvalue weighted by Gasteiger charge is -2.37. The number of ether oxygens (including phenoxy) is 3. The quantitative estimate of drug-likeness (QED) is 0.202. The van der Waals surface area contributed by atoms with Gasteiger partial charge in [-0.05, 0) is 30.7 Å². The predicted octanol–water partition coefficient (Wildman–Crippen LogP) is -2.08. The summed E-state index contributed by atoms with van der Waals surface area (Å²) in [6, 6.07) is 4.49. The maximum absolute atomic E-state index is 11.9. The van der Waals surface area contributed by atoms with Crippen molar-refractivity contribution in [1.82, 2.24) is 0 Å². The van der Waals surface area contributed by atoms with E-state index in [9.17, 15) is 35.1 Å². The summed E-state index contributed by atoms with van der Waals surface area (Å²) in [6.45, 7) is -0.117. The summed E-state index contributed by atoms with van der Waals surface area (Å²) in [5.74, 6) is -1.86. The van der Waals surface area contributed by atoms with E-state index in [0.29, 0.717) is 13.0 Å². The Balaban J connectivity index is 1.78. The minimum absolute atomic E-state index is 0.0467. The number of carbonyl (C=O) groups excluding carboxylic acids is 2. The van der Waals surface area contributed by atoms with Gasteiger partial charge in [-0.25, -0.2) is 0 Å². The first-order chi connectivity index (χ1) is 13.7. The van der Waals surface area contributed by atoms with Crippen LogP contribution >= 0.6 is 0 Å². The van der Waals surface area contributed by atoms with Crippen molar-refractivity contribution >= 4 is 11.9 Å². The van der Waals surface area contributed by atoms with Crippen LogP contribution in [-0.4, -0.2) is 81.3 Å². The van der Waals surface area contributed by atoms with Gasteiger partial charge in [0.05, 0.1) is 12.8 Å². The highest BCUT2D eigenvalue weighted by Crippen LogP contribution is 2.27. The second-order valence-corrected chi connectivity index (χ2v) is 6.53. The molecule has 11 heteroatoms. The number of phenolic OH excluding ortho intramolecular Hbond substituents is 1. The van der Waals surface area contributed by atoms with Crippen LogP contribution in [0.4, 0.5) is 0 Å². The van der Waals surface area contributed by atoms with Crippen LogP contribution in [0, 0.1) is 0 Å². The highest BCUT2D eigenvalue weighted by Gasteiger charge is 2.43. The van der Waals surface area contributed by atoms with Gasteiger partial charge < -0.3 is 45.5 Å². The molecular weight excluding hydrogens is 390 g/mol. The van der Waals surface area contributed by atoms with Crippen LogP contribution in [0.25, 0.3) is 0 Å². The van der Waals surface area contributed by atoms with Crippen molar-refractivity contribution < 1.29 is 49.3 Å². The van der Waals surface area contributed by atoms with Gasteiger partial charge in [0.25, 0.3) is 0 Å². The largest absolute Gasteiger partial charge is 0.504 e. The Morgan fingerprint density at radius 1 is 1.03 bits per heavy atom. The van der Waals surface area contributed by atoms with Crippen LogP contribution in [0.15, 0.2) is 18.2 Å². The Morgan fingerprint density at radius 2 is 1.72 bits per heavy atom. The Labute approximate surface area is 166 Å². The molecule has 0 spiro atoms. The number of carbonyl (C=O) groups is 2. The molecule has 2 rings (SSSR count). The Bertz CT molecular complexity index is 712. The minimum atomic E-state index is -1.74. The molecule has 0 radical (unpaired) electrons. The van der Waals surface area contributed by atoms with E-state index in [2.05, 4.69) is 0 Å². The summed E-state index contributed by atoms with van der Waals surface area (Å²) in [5, 5.41) is 47.9. The predicted molar refractivity (Wildman–Crippen MR) is 95.6 cm³/mol. The van der Waals surface area contributed by atoms with Gasteiger partial charge in [-0.15, -0.1) is 0 Å². The summed E-state index contributed by atoms with van der Waals surface area (Å²) < 4.78 is 14.8. The molecule has 7 N–H and O–H groups in total. The second-order valence-electron chi connectivity index (χ2n) is 6.53. The van der Waals surface area contributed by atoms with Gasteiger partial charge in [0, 0.05) is 0 Å². The second kappa shape index (κ2) is 10.5. The summed E-state index contributed by atoms with van der Waals surface area (Å²) >= 11 is 0. The molecule has 1 aliphatic rings. The first-order valence-electron chi connectivity index (χ1n) is 8.99. The Hall–Kier alpha value is -2.28. The first-order valence-corrected chi connectivity index (χ1v) is 8.99. The van der Waals surface area contributed by atoms with E-state index in [1.54, 1.807) is 6.07 Å². The number of phenols is 1. The zero-order valence-corrected chi connectivity index (χ0v) is 15.5. The van der Waals surface area contributed by atoms with Gasteiger partial charge in [0.1, 0.15) is 31.0 Å². The smallest absolute Gasteiger partial charge is 0.311 e. The molecule has 29 heavy (non-hydrogen) atoms. The maximum atomic E-state index is 11.9. The lowest BCUT2D eigenvalue weighted by molar-refractivity contribution is -0.287. The number of rotatable bonds is 8. The van der Waals surface area contributed by atoms with Gasteiger partial charge >= 0.3 is 11.9 Å². The number of hydrogen-bond donors (Lipinski definition) is 6. The van der Waals surface area contributed by atoms with E-state index in [0.717, 1.165) is 5.56 Å². The number of aliphatic hydroxyl groups is 4. The summed E-state index contributed by atoms with van der Waals surface area (Å²) in [7, 11) is 0. The van der Waals surface area contributed by atoms with Crippen molar-refractivity contribution in [2.75, 3.05) is 13.2 Å². The van der Waals surface area contributed by atoms with Crippen molar-refractivity contribution in [3.63, 3.8) is 0 Å². The van der Waals surface area contributed by atoms with E-state index in [4.69, 9.17) is 19.9 Å². The molecule has 1 fully saturated rings. The highest BCUT2D eigenvalue weighted by atomic mass is 16.6. The molecule has 162 valence electrons. The molecule has 0 saturated carbocycles. The fourth-order valence-corrected chi connectivity index (χ4v) is 2.66. The van der Waals surface area contributed by atoms with Crippen molar-refractivity contribution in [2.24, 2.45) is 5.73 Å². The molecule has 1 heterocycles. The number of aliphatic hydroxyl groups excluding tert-OH is 4. The molecule has 0 bridgehead atoms. The summed E-state index contributed by atoms with van der Waals surface area (Å²) in [5.41, 5.74) is 6.23. The van der Waals surface area contributed by atoms with Crippen molar-refractivity contribution in [1.29, 1.82) is 0 Å². The van der Waals surface area contributed by atoms with Crippen molar-refractivity contribution in [3.8, 4) is 11.5 Å². The molecule has 1 aromatic carbocycles. The van der Waals surface area contributed by atoms with Crippen LogP contribution in [0.1, 0.15) is 18.4 Å². The molecule has 11 nitrogen and oxygen atoms in total. The van der Waals surface area contributed by atoms with Crippen LogP contribution in [-0.2, 0) is 25.5 Å². The van der Waals surface area contributed by atoms with Gasteiger partial charge in [0.2, 0.25) is 0 Å². The molecule has 1 saturated heterocycles. The summed E-state index contributed by atoms with van der Waals surface area (Å²) in [4.78, 5) is 23.7. The maximum Gasteiger partial charge on any atom is 0.311 e. The van der Waals surface area contributed by atoms with E-state index < -0.39 is 49.3 Å². The summed E-state index contributed by atoms with van der Waals surface area (Å²) in [6.07, 6.45) is -8.07. The lowest BCUT2D eigenvalue weighted by Crippen LogP contribution is -2.58. The molecule has 0 unspecified atom stereocenters. The van der Waals surface area contributed by atoms with Crippen molar-refractivity contribution in [3.05, 3.63) is 23.8 Å². The number of esters is 2. The average Bonchev–Trinajstić information content (AvgIpc) is 2.69. The normalized spacial score (nSPS) is 26.7. The Kier molecular flexibility index (Phi) is 8.32. The molecule has 5 atom stereocenters. The third kappa shape index (κ3) is 6.35. The molecule has 1 aromatic rings. The van der Waals surface area contributed by atoms with Crippen LogP contribution in [0.2, 0.25) is 0 Å². The van der Waals surface area contributed by atoms with Gasteiger partial charge in [-0.3, -0.25) is 9.59 Å². The topological polar surface area (TPSA) is 189 Å². The van der Waals surface area contributed by atoms with Crippen LogP contribution in [0.5, 0.6) is 11.5 Å². The standard InChI is InChI=1S/C18H25NO10/c19-6-5-9-1-2-10(20)11(7-9)28-14(22)4-3-13(21)27-8-12-15(23)16(24)17(25)18(26)29-12/h1-2,7,12,15-18,20,23-26H,3-6,8,19H2/t12-,15-,16+,17-,18-/m1/s1. The van der Waals surface area contributed by atoms with Crippen LogP contribution < -0.4 is 10.5 Å². The molecule has 0 amide bonds. The zero-order valence-electron chi connectivity index (χ0n) is 15.5. The van der Waals surface area contributed by atoms with E-state index >= 15 is 0 Å². The number of aromatic hydroxyl groups is 1. The molecule has 0 aliphatic carbocycles. The van der Waals surface area contributed by atoms with Gasteiger partial charge in [-0.1, -0.05) is 6.07 Å². The van der Waals surface area contributed by atoms with E-state index in [-0.39, 0.29) is 24.3 Å². The van der Waals surface area contributed by atoms with E-state index in [1.807, 2.05) is 0 Å². The zero-order chi connectivity index (χ0) is 21.6. The number of nitrogens with two attached hydrogens (primary N) is 1. The molecule has 1 aliphatic heterocycles. The third-order valence-electron chi connectivity index (χ3n) is 4.31. The third-order valence-corrected chi connectivity index (χ3v) is 4.31. The average molecular weight is 415 g/mol.